The Labute approximate surface area is 93.0 Å². The number of hydrogen-bond donors (Lipinski definition) is 2. The van der Waals surface area contributed by atoms with E-state index in [9.17, 15) is 5.11 Å². The number of aliphatic hydroxyl groups excluding tert-OH is 1. The molecule has 15 heavy (non-hydrogen) atoms. The molecular weight excluding hydrogens is 190 g/mol. The monoisotopic (exact) mass is 215 g/mol. The van der Waals surface area contributed by atoms with Crippen LogP contribution in [0.15, 0.2) is 0 Å². The van der Waals surface area contributed by atoms with E-state index in [1.54, 1.807) is 0 Å². The first-order valence-corrected chi connectivity index (χ1v) is 5.98. The van der Waals surface area contributed by atoms with Crippen molar-refractivity contribution in [1.82, 2.24) is 9.80 Å². The number of piperazine rings is 1. The SMILES string of the molecule is CC(O)CCN1CCN(C(C)CN)CC1. The molecule has 1 saturated heterocycles. The second kappa shape index (κ2) is 6.43. The van der Waals surface area contributed by atoms with Gasteiger partial charge in [-0.25, -0.2) is 0 Å². The highest BCUT2D eigenvalue weighted by Crippen LogP contribution is 2.06. The Kier molecular flexibility index (Phi) is 5.53. The Bertz CT molecular complexity index is 167. The van der Waals surface area contributed by atoms with Crippen molar-refractivity contribution in [3.8, 4) is 0 Å². The molecule has 1 aliphatic heterocycles. The third kappa shape index (κ3) is 4.47. The molecule has 0 bridgehead atoms. The summed E-state index contributed by atoms with van der Waals surface area (Å²) in [6, 6.07) is 0.504. The maximum atomic E-state index is 9.21. The lowest BCUT2D eigenvalue weighted by molar-refractivity contribution is 0.0896. The van der Waals surface area contributed by atoms with Crippen molar-refractivity contribution in [2.45, 2.75) is 32.4 Å². The summed E-state index contributed by atoms with van der Waals surface area (Å²) in [7, 11) is 0. The van der Waals surface area contributed by atoms with E-state index in [1.807, 2.05) is 6.92 Å². The lowest BCUT2D eigenvalue weighted by Gasteiger charge is -2.37. The van der Waals surface area contributed by atoms with Crippen LogP contribution in [-0.2, 0) is 0 Å². The Morgan fingerprint density at radius 3 is 2.27 bits per heavy atom. The summed E-state index contributed by atoms with van der Waals surface area (Å²) < 4.78 is 0. The third-order valence-corrected chi connectivity index (χ3v) is 3.23. The van der Waals surface area contributed by atoms with Crippen LogP contribution >= 0.6 is 0 Å². The fourth-order valence-corrected chi connectivity index (χ4v) is 1.95. The van der Waals surface area contributed by atoms with Gasteiger partial charge in [-0.15, -0.1) is 0 Å². The van der Waals surface area contributed by atoms with E-state index in [0.29, 0.717) is 6.04 Å². The molecule has 4 heteroatoms. The van der Waals surface area contributed by atoms with E-state index in [-0.39, 0.29) is 6.10 Å². The molecule has 0 aliphatic carbocycles. The first kappa shape index (κ1) is 12.9. The fraction of sp³-hybridized carbons (Fsp3) is 1.00. The van der Waals surface area contributed by atoms with E-state index in [2.05, 4.69) is 16.7 Å². The minimum absolute atomic E-state index is 0.175. The second-order valence-corrected chi connectivity index (χ2v) is 4.60. The molecule has 0 aromatic rings. The Balaban J connectivity index is 2.18. The molecule has 2 unspecified atom stereocenters. The minimum Gasteiger partial charge on any atom is -0.393 e. The van der Waals surface area contributed by atoms with Gasteiger partial charge in [0, 0.05) is 45.3 Å². The number of aliphatic hydroxyl groups is 1. The normalized spacial score (nSPS) is 24.0. The molecule has 1 heterocycles. The van der Waals surface area contributed by atoms with Gasteiger partial charge in [-0.2, -0.15) is 0 Å². The summed E-state index contributed by atoms with van der Waals surface area (Å²) in [5.74, 6) is 0. The molecule has 0 saturated carbocycles. The third-order valence-electron chi connectivity index (χ3n) is 3.23. The standard InChI is InChI=1S/C11H25N3O/c1-10(9-12)14-7-5-13(6-8-14)4-3-11(2)15/h10-11,15H,3-9,12H2,1-2H3. The zero-order valence-electron chi connectivity index (χ0n) is 10.0. The van der Waals surface area contributed by atoms with E-state index < -0.39 is 0 Å². The van der Waals surface area contributed by atoms with Gasteiger partial charge in [0.25, 0.3) is 0 Å². The summed E-state index contributed by atoms with van der Waals surface area (Å²) in [4.78, 5) is 4.87. The van der Waals surface area contributed by atoms with Crippen LogP contribution in [0.4, 0.5) is 0 Å². The van der Waals surface area contributed by atoms with Crippen molar-refractivity contribution < 1.29 is 5.11 Å². The maximum absolute atomic E-state index is 9.21. The highest BCUT2D eigenvalue weighted by atomic mass is 16.3. The topological polar surface area (TPSA) is 52.7 Å². The molecular formula is C11H25N3O. The summed E-state index contributed by atoms with van der Waals surface area (Å²) in [6.45, 7) is 10.2. The smallest absolute Gasteiger partial charge is 0.0524 e. The van der Waals surface area contributed by atoms with Gasteiger partial charge in [0.1, 0.15) is 0 Å². The predicted molar refractivity (Wildman–Crippen MR) is 62.8 cm³/mol. The largest absolute Gasteiger partial charge is 0.393 e. The average molecular weight is 215 g/mol. The zero-order valence-corrected chi connectivity index (χ0v) is 10.0. The van der Waals surface area contributed by atoms with E-state index in [1.165, 1.54) is 0 Å². The molecule has 1 rings (SSSR count). The molecule has 0 spiro atoms. The van der Waals surface area contributed by atoms with Gasteiger partial charge >= 0.3 is 0 Å². The van der Waals surface area contributed by atoms with E-state index in [4.69, 9.17) is 5.73 Å². The first-order valence-electron chi connectivity index (χ1n) is 5.98. The number of nitrogens with zero attached hydrogens (tertiary/aromatic N) is 2. The fourth-order valence-electron chi connectivity index (χ4n) is 1.95. The van der Waals surface area contributed by atoms with Gasteiger partial charge in [0.05, 0.1) is 6.10 Å². The van der Waals surface area contributed by atoms with Gasteiger partial charge in [0.2, 0.25) is 0 Å². The maximum Gasteiger partial charge on any atom is 0.0524 e. The van der Waals surface area contributed by atoms with Crippen molar-refractivity contribution in [3.63, 3.8) is 0 Å². The molecule has 4 nitrogen and oxygen atoms in total. The van der Waals surface area contributed by atoms with Crippen molar-refractivity contribution in [2.24, 2.45) is 5.73 Å². The van der Waals surface area contributed by atoms with Crippen LogP contribution in [0, 0.1) is 0 Å². The molecule has 0 radical (unpaired) electrons. The molecule has 90 valence electrons. The molecule has 1 aliphatic rings. The van der Waals surface area contributed by atoms with Crippen molar-refractivity contribution in [1.29, 1.82) is 0 Å². The highest BCUT2D eigenvalue weighted by Gasteiger charge is 2.19. The minimum atomic E-state index is -0.175. The van der Waals surface area contributed by atoms with Gasteiger partial charge in [0.15, 0.2) is 0 Å². The summed E-state index contributed by atoms with van der Waals surface area (Å²) >= 11 is 0. The quantitative estimate of drug-likeness (QED) is 0.662. The van der Waals surface area contributed by atoms with E-state index in [0.717, 1.165) is 45.7 Å². The Hall–Kier alpha value is -0.160. The van der Waals surface area contributed by atoms with Crippen LogP contribution in [0.5, 0.6) is 0 Å². The van der Waals surface area contributed by atoms with Crippen LogP contribution in [0.2, 0.25) is 0 Å². The Morgan fingerprint density at radius 1 is 1.20 bits per heavy atom. The van der Waals surface area contributed by atoms with Crippen LogP contribution in [0.3, 0.4) is 0 Å². The number of hydrogen-bond acceptors (Lipinski definition) is 4. The summed E-state index contributed by atoms with van der Waals surface area (Å²) in [5.41, 5.74) is 5.65. The average Bonchev–Trinajstić information content (AvgIpc) is 2.26. The van der Waals surface area contributed by atoms with Crippen molar-refractivity contribution in [3.05, 3.63) is 0 Å². The molecule has 3 N–H and O–H groups in total. The summed E-state index contributed by atoms with van der Waals surface area (Å²) in [6.07, 6.45) is 0.706. The predicted octanol–water partition coefficient (Wildman–Crippen LogP) is -0.278. The van der Waals surface area contributed by atoms with E-state index >= 15 is 0 Å². The highest BCUT2D eigenvalue weighted by molar-refractivity contribution is 4.76. The van der Waals surface area contributed by atoms with Crippen molar-refractivity contribution in [2.75, 3.05) is 39.3 Å². The number of nitrogens with two attached hydrogens (primary N) is 1. The molecule has 0 aromatic carbocycles. The second-order valence-electron chi connectivity index (χ2n) is 4.60. The summed E-state index contributed by atoms with van der Waals surface area (Å²) in [5, 5.41) is 9.21. The molecule has 1 fully saturated rings. The van der Waals surface area contributed by atoms with Crippen molar-refractivity contribution >= 4 is 0 Å². The zero-order chi connectivity index (χ0) is 11.3. The van der Waals surface area contributed by atoms with Gasteiger partial charge < -0.3 is 15.7 Å². The van der Waals surface area contributed by atoms with Gasteiger partial charge in [-0.05, 0) is 20.3 Å². The number of rotatable bonds is 5. The van der Waals surface area contributed by atoms with Gasteiger partial charge in [-0.1, -0.05) is 0 Å². The Morgan fingerprint density at radius 2 is 1.80 bits per heavy atom. The van der Waals surface area contributed by atoms with Crippen LogP contribution in [0.1, 0.15) is 20.3 Å². The molecule has 2 atom stereocenters. The first-order chi connectivity index (χ1) is 7.13. The van der Waals surface area contributed by atoms with Crippen LogP contribution in [-0.4, -0.2) is 66.3 Å². The molecule has 0 aromatic heterocycles. The molecule has 0 amide bonds. The van der Waals surface area contributed by atoms with Crippen LogP contribution in [0.25, 0.3) is 0 Å². The van der Waals surface area contributed by atoms with Gasteiger partial charge in [-0.3, -0.25) is 4.90 Å². The lowest BCUT2D eigenvalue weighted by atomic mass is 10.2. The lowest BCUT2D eigenvalue weighted by Crippen LogP contribution is -2.51. The van der Waals surface area contributed by atoms with Crippen LogP contribution < -0.4 is 5.73 Å².